The number of carbonyl (C=O) groups excluding carboxylic acids is 1. The zero-order valence-corrected chi connectivity index (χ0v) is 11.7. The van der Waals surface area contributed by atoms with E-state index in [4.69, 9.17) is 10.3 Å². The fourth-order valence-electron chi connectivity index (χ4n) is 1.63. The molecule has 0 radical (unpaired) electrons. The van der Waals surface area contributed by atoms with Crippen molar-refractivity contribution in [2.75, 3.05) is 6.61 Å². The van der Waals surface area contributed by atoms with Crippen molar-refractivity contribution >= 4 is 17.7 Å². The molecule has 0 fully saturated rings. The highest BCUT2D eigenvalue weighted by Crippen LogP contribution is 2.12. The first-order chi connectivity index (χ1) is 9.63. The third-order valence-electron chi connectivity index (χ3n) is 2.78. The van der Waals surface area contributed by atoms with Crippen LogP contribution in [0.15, 0.2) is 30.3 Å². The topological polar surface area (TPSA) is 76.2 Å². The maximum atomic E-state index is 11.4. The molecule has 5 heteroatoms. The van der Waals surface area contributed by atoms with E-state index in [1.807, 2.05) is 0 Å². The maximum Gasteiger partial charge on any atom is 0.330 e. The second kappa shape index (κ2) is 8.85. The van der Waals surface area contributed by atoms with Gasteiger partial charge in [0.05, 0.1) is 6.61 Å². The van der Waals surface area contributed by atoms with Crippen LogP contribution in [0.5, 0.6) is 0 Å². The molecule has 0 bridgehead atoms. The minimum absolute atomic E-state index is 0.0397. The van der Waals surface area contributed by atoms with Crippen LogP contribution >= 0.6 is 0 Å². The van der Waals surface area contributed by atoms with E-state index in [-0.39, 0.29) is 16.5 Å². The summed E-state index contributed by atoms with van der Waals surface area (Å²) in [5.41, 5.74) is 7.90. The third kappa shape index (κ3) is 6.13. The van der Waals surface area contributed by atoms with Gasteiger partial charge in [-0.15, -0.1) is 0 Å². The van der Waals surface area contributed by atoms with Crippen molar-refractivity contribution in [2.45, 2.75) is 32.6 Å². The lowest BCUT2D eigenvalue weighted by atomic mass is 10.2. The molecule has 1 aromatic carbocycles. The van der Waals surface area contributed by atoms with Crippen LogP contribution in [-0.2, 0) is 9.53 Å². The number of esters is 1. The van der Waals surface area contributed by atoms with Crippen molar-refractivity contribution < 1.29 is 14.4 Å². The standard InChI is InChI=1S/C15H20N2O3/c1-2-3-4-5-12-20-15(18)11-8-13-6-9-14(10-7-13)17(16)19/h6-11,16H,2-5,12H2,1H3/b11-8+,17-16?. The van der Waals surface area contributed by atoms with Gasteiger partial charge in [-0.1, -0.05) is 31.0 Å². The summed E-state index contributed by atoms with van der Waals surface area (Å²) in [4.78, 5) is 11.5. The molecule has 0 aliphatic rings. The quantitative estimate of drug-likeness (QED) is 0.195. The molecule has 0 aliphatic carbocycles. The number of nitrogens with one attached hydrogen (secondary N) is 1. The Hall–Kier alpha value is -2.17. The Labute approximate surface area is 118 Å². The van der Waals surface area contributed by atoms with E-state index in [1.54, 1.807) is 18.2 Å². The summed E-state index contributed by atoms with van der Waals surface area (Å²) in [6, 6.07) is 6.38. The van der Waals surface area contributed by atoms with Crippen LogP contribution in [0.2, 0.25) is 0 Å². The summed E-state index contributed by atoms with van der Waals surface area (Å²) >= 11 is 0. The number of hydrogen-bond acceptors (Lipinski definition) is 4. The summed E-state index contributed by atoms with van der Waals surface area (Å²) < 4.78 is 5.06. The van der Waals surface area contributed by atoms with Crippen molar-refractivity contribution in [3.8, 4) is 0 Å². The minimum atomic E-state index is -0.364. The fraction of sp³-hybridized carbons (Fsp3) is 0.400. The fourth-order valence-corrected chi connectivity index (χ4v) is 1.63. The van der Waals surface area contributed by atoms with Gasteiger partial charge in [-0.25, -0.2) is 4.79 Å². The Bertz CT molecular complexity index is 467. The Morgan fingerprint density at radius 2 is 2.00 bits per heavy atom. The Morgan fingerprint density at radius 3 is 2.60 bits per heavy atom. The van der Waals surface area contributed by atoms with Crippen molar-refractivity contribution in [1.29, 1.82) is 5.53 Å². The number of benzene rings is 1. The normalized spacial score (nSPS) is 10.7. The number of ether oxygens (including phenoxy) is 1. The van der Waals surface area contributed by atoms with Gasteiger partial charge >= 0.3 is 5.97 Å². The Morgan fingerprint density at radius 1 is 1.30 bits per heavy atom. The molecule has 0 saturated carbocycles. The minimum Gasteiger partial charge on any atom is -0.594 e. The molecular weight excluding hydrogens is 256 g/mol. The van der Waals surface area contributed by atoms with Gasteiger partial charge in [-0.05, 0) is 35.7 Å². The molecule has 0 unspecified atom stereocenters. The van der Waals surface area contributed by atoms with Gasteiger partial charge in [-0.2, -0.15) is 0 Å². The number of rotatable bonds is 8. The molecule has 0 aliphatic heterocycles. The summed E-state index contributed by atoms with van der Waals surface area (Å²) in [6.07, 6.45) is 7.27. The van der Waals surface area contributed by atoms with Crippen LogP contribution in [0, 0.1) is 10.7 Å². The highest BCUT2D eigenvalue weighted by molar-refractivity contribution is 5.87. The lowest BCUT2D eigenvalue weighted by Gasteiger charge is -2.01. The molecule has 108 valence electrons. The van der Waals surface area contributed by atoms with Gasteiger partial charge in [0, 0.05) is 18.2 Å². The number of unbranched alkanes of at least 4 members (excludes halogenated alkanes) is 3. The molecule has 1 N–H and O–H groups in total. The number of carbonyl (C=O) groups is 1. The molecule has 0 atom stereocenters. The van der Waals surface area contributed by atoms with E-state index in [0.29, 0.717) is 6.61 Å². The van der Waals surface area contributed by atoms with Gasteiger partial charge in [-0.3, -0.25) is 0 Å². The molecule has 0 amide bonds. The molecule has 5 nitrogen and oxygen atoms in total. The summed E-state index contributed by atoms with van der Waals surface area (Å²) in [5, 5.41) is 10.7. The van der Waals surface area contributed by atoms with Gasteiger partial charge < -0.3 is 9.94 Å². The zero-order valence-electron chi connectivity index (χ0n) is 11.7. The largest absolute Gasteiger partial charge is 0.594 e. The van der Waals surface area contributed by atoms with Crippen molar-refractivity contribution in [2.24, 2.45) is 0 Å². The monoisotopic (exact) mass is 276 g/mol. The second-order valence-corrected chi connectivity index (χ2v) is 4.45. The molecule has 0 saturated heterocycles. The van der Waals surface area contributed by atoms with Crippen LogP contribution in [0.4, 0.5) is 5.69 Å². The molecular formula is C15H20N2O3. The Kier molecular flexibility index (Phi) is 7.03. The lowest BCUT2D eigenvalue weighted by Crippen LogP contribution is -2.02. The van der Waals surface area contributed by atoms with Gasteiger partial charge in [0.15, 0.2) is 0 Å². The van der Waals surface area contributed by atoms with Crippen LogP contribution in [0.25, 0.3) is 6.08 Å². The van der Waals surface area contributed by atoms with Gasteiger partial charge in [0.2, 0.25) is 5.69 Å². The first-order valence-corrected chi connectivity index (χ1v) is 6.77. The van der Waals surface area contributed by atoms with Crippen molar-refractivity contribution in [3.05, 3.63) is 41.1 Å². The van der Waals surface area contributed by atoms with E-state index in [2.05, 4.69) is 6.92 Å². The van der Waals surface area contributed by atoms with Crippen LogP contribution in [0.3, 0.4) is 0 Å². The molecule has 0 heterocycles. The highest BCUT2D eigenvalue weighted by Gasteiger charge is 2.00. The smallest absolute Gasteiger partial charge is 0.330 e. The molecule has 20 heavy (non-hydrogen) atoms. The summed E-state index contributed by atoms with van der Waals surface area (Å²) in [6.45, 7) is 2.58. The average molecular weight is 276 g/mol. The second-order valence-electron chi connectivity index (χ2n) is 4.45. The van der Waals surface area contributed by atoms with Crippen LogP contribution < -0.4 is 0 Å². The van der Waals surface area contributed by atoms with E-state index in [9.17, 15) is 10.0 Å². The average Bonchev–Trinajstić information content (AvgIpc) is 2.45. The lowest BCUT2D eigenvalue weighted by molar-refractivity contribution is -0.465. The van der Waals surface area contributed by atoms with E-state index >= 15 is 0 Å². The van der Waals surface area contributed by atoms with E-state index in [0.717, 1.165) is 31.2 Å². The molecule has 1 aromatic rings. The van der Waals surface area contributed by atoms with E-state index < -0.39 is 0 Å². The summed E-state index contributed by atoms with van der Waals surface area (Å²) in [5.74, 6) is -0.364. The first-order valence-electron chi connectivity index (χ1n) is 6.77. The van der Waals surface area contributed by atoms with Gasteiger partial charge in [0.25, 0.3) is 0 Å². The van der Waals surface area contributed by atoms with Crippen molar-refractivity contribution in [3.63, 3.8) is 0 Å². The van der Waals surface area contributed by atoms with E-state index in [1.165, 1.54) is 18.2 Å². The third-order valence-corrected chi connectivity index (χ3v) is 2.78. The number of nitrogens with zero attached hydrogens (tertiary/aromatic N) is 1. The van der Waals surface area contributed by atoms with Crippen LogP contribution in [-0.4, -0.2) is 17.4 Å². The number of hydrogen-bond donors (Lipinski definition) is 1. The van der Waals surface area contributed by atoms with Crippen molar-refractivity contribution in [1.82, 2.24) is 0 Å². The molecule has 0 spiro atoms. The Balaban J connectivity index is 2.35. The molecule has 1 rings (SSSR count). The maximum absolute atomic E-state index is 11.4. The first kappa shape index (κ1) is 15.9. The molecule has 0 aromatic heterocycles. The SMILES string of the molecule is CCCCCCOC(=O)/C=C/c1ccc([N+](=N)[O-])cc1. The highest BCUT2D eigenvalue weighted by atomic mass is 16.5. The van der Waals surface area contributed by atoms with Gasteiger partial charge in [0.1, 0.15) is 0 Å². The zero-order chi connectivity index (χ0) is 14.8. The predicted molar refractivity (Wildman–Crippen MR) is 76.6 cm³/mol. The summed E-state index contributed by atoms with van der Waals surface area (Å²) in [7, 11) is 0. The van der Waals surface area contributed by atoms with Crippen LogP contribution in [0.1, 0.15) is 38.2 Å². The predicted octanol–water partition coefficient (Wildman–Crippen LogP) is 4.00.